The van der Waals surface area contributed by atoms with Crippen molar-refractivity contribution in [1.29, 1.82) is 0 Å². The number of anilines is 1. The lowest BCUT2D eigenvalue weighted by Crippen LogP contribution is -2.50. The Morgan fingerprint density at radius 3 is 1.83 bits per heavy atom. The maximum atomic E-state index is 13.7. The Kier molecular flexibility index (Phi) is 13.7. The Morgan fingerprint density at radius 1 is 0.667 bits per heavy atom. The van der Waals surface area contributed by atoms with E-state index >= 15 is 0 Å². The number of hydrogen-bond donors (Lipinski definition) is 1. The monoisotopic (exact) mass is 746 g/mol. The minimum Gasteiger partial charge on any atom is -0.465 e. The largest absolute Gasteiger partial charge is 0.465 e. The number of ether oxygens (including phenoxy) is 3. The van der Waals surface area contributed by atoms with Crippen LogP contribution in [0.5, 0.6) is 0 Å². The van der Waals surface area contributed by atoms with Crippen LogP contribution in [-0.2, 0) is 46.6 Å². The van der Waals surface area contributed by atoms with Gasteiger partial charge in [0.1, 0.15) is 6.61 Å². The number of nitrogens with one attached hydrogen (secondary N) is 1. The molecule has 13 heteroatoms. The van der Waals surface area contributed by atoms with E-state index in [1.54, 1.807) is 64.1 Å². The molecular formula is C41H41F3N2O8. The summed E-state index contributed by atoms with van der Waals surface area (Å²) in [5.41, 5.74) is -1.29. The van der Waals surface area contributed by atoms with Gasteiger partial charge < -0.3 is 24.4 Å². The lowest BCUT2D eigenvalue weighted by Gasteiger charge is -2.29. The molecule has 4 rings (SSSR count). The van der Waals surface area contributed by atoms with Crippen LogP contribution in [0.25, 0.3) is 11.1 Å². The third kappa shape index (κ3) is 9.32. The molecule has 0 aliphatic carbocycles. The Labute approximate surface area is 311 Å². The third-order valence-corrected chi connectivity index (χ3v) is 8.62. The summed E-state index contributed by atoms with van der Waals surface area (Å²) in [4.78, 5) is 69.0. The van der Waals surface area contributed by atoms with Gasteiger partial charge >= 0.3 is 24.1 Å². The molecule has 2 amide bonds. The fourth-order valence-corrected chi connectivity index (χ4v) is 5.79. The summed E-state index contributed by atoms with van der Waals surface area (Å²) in [5, 5.41) is 2.76. The summed E-state index contributed by atoms with van der Waals surface area (Å²) in [6, 6.07) is 23.2. The van der Waals surface area contributed by atoms with E-state index in [4.69, 9.17) is 14.2 Å². The van der Waals surface area contributed by atoms with Crippen molar-refractivity contribution in [2.45, 2.75) is 45.7 Å². The normalized spacial score (nSPS) is 11.3. The van der Waals surface area contributed by atoms with Gasteiger partial charge in [-0.2, -0.15) is 13.2 Å². The average Bonchev–Trinajstić information content (AvgIpc) is 3.16. The van der Waals surface area contributed by atoms with Crippen LogP contribution in [0, 0.1) is 0 Å². The van der Waals surface area contributed by atoms with Crippen LogP contribution in [-0.4, -0.2) is 67.5 Å². The van der Waals surface area contributed by atoms with Crippen molar-refractivity contribution in [2.75, 3.05) is 38.2 Å². The molecule has 1 N–H and O–H groups in total. The molecule has 0 atom stereocenters. The SMILES string of the molecule is CCOC(=O)C(COC(=O)Cc1ccc(NC(=O)c2ccccc2-c2ccc(C(F)(F)F)cc2)c(C(=O)N(CC)CC)c1)(C(=O)OCC)c1ccccc1. The first-order chi connectivity index (χ1) is 25.8. The molecule has 0 radical (unpaired) electrons. The van der Waals surface area contributed by atoms with Gasteiger partial charge in [-0.25, -0.2) is 0 Å². The quantitative estimate of drug-likeness (QED) is 0.0766. The average molecular weight is 747 g/mol. The van der Waals surface area contributed by atoms with Crippen molar-refractivity contribution in [3.05, 3.63) is 125 Å². The zero-order chi connectivity index (χ0) is 39.5. The molecule has 0 fully saturated rings. The maximum absolute atomic E-state index is 13.7. The second kappa shape index (κ2) is 18.2. The summed E-state index contributed by atoms with van der Waals surface area (Å²) in [6.45, 7) is 6.59. The first-order valence-electron chi connectivity index (χ1n) is 17.4. The minimum atomic E-state index is -4.52. The van der Waals surface area contributed by atoms with Gasteiger partial charge in [-0.3, -0.25) is 24.0 Å². The van der Waals surface area contributed by atoms with Gasteiger partial charge in [-0.15, -0.1) is 0 Å². The Morgan fingerprint density at radius 2 is 1.26 bits per heavy atom. The van der Waals surface area contributed by atoms with E-state index < -0.39 is 53.5 Å². The second-order valence-corrected chi connectivity index (χ2v) is 12.0. The molecule has 0 saturated carbocycles. The van der Waals surface area contributed by atoms with Gasteiger partial charge in [-0.1, -0.05) is 66.7 Å². The number of halogens is 3. The van der Waals surface area contributed by atoms with Gasteiger partial charge in [0, 0.05) is 18.7 Å². The lowest BCUT2D eigenvalue weighted by molar-refractivity contribution is -0.170. The van der Waals surface area contributed by atoms with E-state index in [-0.39, 0.29) is 42.0 Å². The van der Waals surface area contributed by atoms with Crippen LogP contribution < -0.4 is 5.32 Å². The van der Waals surface area contributed by atoms with Crippen LogP contribution in [0.4, 0.5) is 18.9 Å². The van der Waals surface area contributed by atoms with Gasteiger partial charge in [0.15, 0.2) is 0 Å². The Hall–Kier alpha value is -5.98. The van der Waals surface area contributed by atoms with Crippen molar-refractivity contribution >= 4 is 35.4 Å². The topological polar surface area (TPSA) is 128 Å². The molecule has 10 nitrogen and oxygen atoms in total. The van der Waals surface area contributed by atoms with Crippen LogP contribution in [0.3, 0.4) is 0 Å². The van der Waals surface area contributed by atoms with Crippen LogP contribution in [0.15, 0.2) is 97.1 Å². The number of rotatable bonds is 15. The summed E-state index contributed by atoms with van der Waals surface area (Å²) in [6.07, 6.45) is -4.90. The van der Waals surface area contributed by atoms with Crippen molar-refractivity contribution in [2.24, 2.45) is 0 Å². The highest BCUT2D eigenvalue weighted by molar-refractivity contribution is 6.12. The Bertz CT molecular complexity index is 1940. The zero-order valence-electron chi connectivity index (χ0n) is 30.3. The van der Waals surface area contributed by atoms with Gasteiger partial charge in [-0.05, 0) is 80.3 Å². The standard InChI is InChI=1S/C41H41F3N2O8/c1-5-46(6-2)37(49)33-24-27(25-35(47)54-26-40(38(50)52-7-3,39(51)53-8-4)29-14-10-9-11-15-29)18-23-34(33)45-36(48)32-17-13-12-16-31(32)28-19-21-30(22-20-28)41(42,43)44/h9-24H,5-8,25-26H2,1-4H3,(H,45,48). The summed E-state index contributed by atoms with van der Waals surface area (Å²) in [7, 11) is 0. The number of benzene rings is 4. The number of nitrogens with zero attached hydrogens (tertiary/aromatic N) is 1. The van der Waals surface area contributed by atoms with E-state index in [1.807, 2.05) is 0 Å². The first kappa shape index (κ1) is 40.8. The van der Waals surface area contributed by atoms with Gasteiger partial charge in [0.25, 0.3) is 11.8 Å². The molecule has 4 aromatic rings. The Balaban J connectivity index is 1.64. The molecule has 284 valence electrons. The number of amides is 2. The van der Waals surface area contributed by atoms with E-state index in [2.05, 4.69) is 5.32 Å². The van der Waals surface area contributed by atoms with Gasteiger partial charge in [0.05, 0.1) is 36.4 Å². The number of hydrogen-bond acceptors (Lipinski definition) is 8. The fraction of sp³-hybridized carbons (Fsp3) is 0.293. The number of carbonyl (C=O) groups is 5. The van der Waals surface area contributed by atoms with E-state index in [0.29, 0.717) is 29.8 Å². The van der Waals surface area contributed by atoms with Crippen molar-refractivity contribution in [3.63, 3.8) is 0 Å². The lowest BCUT2D eigenvalue weighted by atomic mass is 9.81. The first-order valence-corrected chi connectivity index (χ1v) is 17.4. The molecule has 0 aliphatic heterocycles. The summed E-state index contributed by atoms with van der Waals surface area (Å²) < 4.78 is 55.6. The van der Waals surface area contributed by atoms with Crippen LogP contribution >= 0.6 is 0 Å². The van der Waals surface area contributed by atoms with Crippen LogP contribution in [0.1, 0.15) is 65.1 Å². The van der Waals surface area contributed by atoms with Crippen LogP contribution in [0.2, 0.25) is 0 Å². The summed E-state index contributed by atoms with van der Waals surface area (Å²) >= 11 is 0. The molecular weight excluding hydrogens is 705 g/mol. The highest BCUT2D eigenvalue weighted by Crippen LogP contribution is 2.33. The second-order valence-electron chi connectivity index (χ2n) is 12.0. The zero-order valence-corrected chi connectivity index (χ0v) is 30.3. The molecule has 0 aliphatic rings. The third-order valence-electron chi connectivity index (χ3n) is 8.62. The molecule has 0 unspecified atom stereocenters. The molecule has 4 aromatic carbocycles. The minimum absolute atomic E-state index is 0.0480. The van der Waals surface area contributed by atoms with E-state index in [9.17, 15) is 37.1 Å². The fourth-order valence-electron chi connectivity index (χ4n) is 5.79. The smallest absolute Gasteiger partial charge is 0.416 e. The highest BCUT2D eigenvalue weighted by Gasteiger charge is 2.52. The summed E-state index contributed by atoms with van der Waals surface area (Å²) in [5.74, 6) is -3.79. The number of alkyl halides is 3. The molecule has 0 aromatic heterocycles. The van der Waals surface area contributed by atoms with Gasteiger partial charge in [0.2, 0.25) is 5.41 Å². The van der Waals surface area contributed by atoms with Crippen molar-refractivity contribution < 1.29 is 51.4 Å². The predicted molar refractivity (Wildman–Crippen MR) is 195 cm³/mol. The molecule has 0 heterocycles. The van der Waals surface area contributed by atoms with E-state index in [1.165, 1.54) is 53.4 Å². The van der Waals surface area contributed by atoms with Crippen molar-refractivity contribution in [1.82, 2.24) is 4.90 Å². The number of carbonyl (C=O) groups excluding carboxylic acids is 5. The molecule has 54 heavy (non-hydrogen) atoms. The highest BCUT2D eigenvalue weighted by atomic mass is 19.4. The molecule has 0 spiro atoms. The number of esters is 3. The van der Waals surface area contributed by atoms with Crippen molar-refractivity contribution in [3.8, 4) is 11.1 Å². The molecule has 0 saturated heterocycles. The predicted octanol–water partition coefficient (Wildman–Crippen LogP) is 7.26. The maximum Gasteiger partial charge on any atom is 0.416 e. The molecule has 0 bridgehead atoms. The van der Waals surface area contributed by atoms with E-state index in [0.717, 1.165) is 12.1 Å².